The first kappa shape index (κ1) is 11.6. The van der Waals surface area contributed by atoms with Crippen molar-refractivity contribution in [2.45, 2.75) is 38.3 Å². The van der Waals surface area contributed by atoms with E-state index >= 15 is 0 Å². The van der Waals surface area contributed by atoms with Crippen LogP contribution in [0.15, 0.2) is 11.7 Å². The number of hydrogen-bond acceptors (Lipinski definition) is 4. The van der Waals surface area contributed by atoms with Crippen LogP contribution >= 0.6 is 11.3 Å². The quantitative estimate of drug-likeness (QED) is 0.818. The standard InChI is InChI=1S/C10H18N2OS/c1-10(2,13-3)5-4-8(11)9-6-12-7-14-9/h6-8H,4-5,11H2,1-3H3. The first-order valence-corrected chi connectivity index (χ1v) is 5.62. The number of methoxy groups -OCH3 is 1. The van der Waals surface area contributed by atoms with Crippen molar-refractivity contribution in [1.82, 2.24) is 4.98 Å². The van der Waals surface area contributed by atoms with E-state index in [2.05, 4.69) is 18.8 Å². The predicted octanol–water partition coefficient (Wildman–Crippen LogP) is 2.35. The number of nitrogens with zero attached hydrogens (tertiary/aromatic N) is 1. The Labute approximate surface area is 89.3 Å². The zero-order chi connectivity index (χ0) is 10.6. The van der Waals surface area contributed by atoms with Gasteiger partial charge in [-0.2, -0.15) is 0 Å². The first-order chi connectivity index (χ1) is 6.55. The molecule has 0 bridgehead atoms. The molecule has 1 atom stereocenters. The topological polar surface area (TPSA) is 48.1 Å². The van der Waals surface area contributed by atoms with E-state index in [0.29, 0.717) is 0 Å². The van der Waals surface area contributed by atoms with Gasteiger partial charge in [0.25, 0.3) is 0 Å². The van der Waals surface area contributed by atoms with Gasteiger partial charge in [0.05, 0.1) is 11.1 Å². The first-order valence-electron chi connectivity index (χ1n) is 4.74. The normalized spacial score (nSPS) is 14.3. The highest BCUT2D eigenvalue weighted by atomic mass is 32.1. The van der Waals surface area contributed by atoms with Crippen LogP contribution in [0.1, 0.15) is 37.6 Å². The average Bonchev–Trinajstić information content (AvgIpc) is 2.67. The molecule has 0 aliphatic heterocycles. The Morgan fingerprint density at radius 2 is 2.36 bits per heavy atom. The predicted molar refractivity (Wildman–Crippen MR) is 59.4 cm³/mol. The monoisotopic (exact) mass is 214 g/mol. The third-order valence-electron chi connectivity index (χ3n) is 2.43. The van der Waals surface area contributed by atoms with Crippen molar-refractivity contribution in [3.05, 3.63) is 16.6 Å². The van der Waals surface area contributed by atoms with Gasteiger partial charge in [-0.3, -0.25) is 4.98 Å². The molecular formula is C10H18N2OS. The fourth-order valence-electron chi connectivity index (χ4n) is 1.16. The van der Waals surface area contributed by atoms with Crippen molar-refractivity contribution in [3.63, 3.8) is 0 Å². The zero-order valence-corrected chi connectivity index (χ0v) is 9.80. The highest BCUT2D eigenvalue weighted by Crippen LogP contribution is 2.24. The van der Waals surface area contributed by atoms with E-state index in [4.69, 9.17) is 10.5 Å². The number of thiazole rings is 1. The molecular weight excluding hydrogens is 196 g/mol. The van der Waals surface area contributed by atoms with Crippen LogP contribution in [0.5, 0.6) is 0 Å². The molecule has 0 spiro atoms. The zero-order valence-electron chi connectivity index (χ0n) is 8.99. The molecule has 0 amide bonds. The summed E-state index contributed by atoms with van der Waals surface area (Å²) in [5.74, 6) is 0. The Morgan fingerprint density at radius 3 is 2.86 bits per heavy atom. The van der Waals surface area contributed by atoms with Gasteiger partial charge < -0.3 is 10.5 Å². The molecule has 1 aromatic rings. The van der Waals surface area contributed by atoms with Gasteiger partial charge in [-0.1, -0.05) is 0 Å². The molecule has 0 saturated carbocycles. The Bertz CT molecular complexity index is 259. The van der Waals surface area contributed by atoms with Gasteiger partial charge in [-0.05, 0) is 26.7 Å². The smallest absolute Gasteiger partial charge is 0.0794 e. The van der Waals surface area contributed by atoms with Crippen LogP contribution in [0.2, 0.25) is 0 Å². The van der Waals surface area contributed by atoms with Gasteiger partial charge in [-0.15, -0.1) is 11.3 Å². The van der Waals surface area contributed by atoms with Crippen LogP contribution in [-0.2, 0) is 4.74 Å². The fraction of sp³-hybridized carbons (Fsp3) is 0.700. The minimum Gasteiger partial charge on any atom is -0.379 e. The highest BCUT2D eigenvalue weighted by molar-refractivity contribution is 7.09. The third kappa shape index (κ3) is 3.36. The summed E-state index contributed by atoms with van der Waals surface area (Å²) in [6.45, 7) is 4.15. The Morgan fingerprint density at radius 1 is 1.64 bits per heavy atom. The van der Waals surface area contributed by atoms with Gasteiger partial charge in [-0.25, -0.2) is 0 Å². The molecule has 1 rings (SSSR count). The van der Waals surface area contributed by atoms with E-state index in [-0.39, 0.29) is 11.6 Å². The molecule has 0 aliphatic rings. The molecule has 0 saturated heterocycles. The minimum atomic E-state index is -0.0810. The van der Waals surface area contributed by atoms with E-state index < -0.39 is 0 Å². The summed E-state index contributed by atoms with van der Waals surface area (Å²) in [7, 11) is 1.73. The van der Waals surface area contributed by atoms with Crippen molar-refractivity contribution in [1.29, 1.82) is 0 Å². The van der Waals surface area contributed by atoms with Crippen LogP contribution in [0.25, 0.3) is 0 Å². The van der Waals surface area contributed by atoms with E-state index in [1.807, 2.05) is 11.7 Å². The summed E-state index contributed by atoms with van der Waals surface area (Å²) in [5, 5.41) is 0. The lowest BCUT2D eigenvalue weighted by Crippen LogP contribution is -2.24. The number of nitrogens with two attached hydrogens (primary N) is 1. The fourth-order valence-corrected chi connectivity index (χ4v) is 1.81. The molecule has 4 heteroatoms. The lowest BCUT2D eigenvalue weighted by Gasteiger charge is -2.24. The molecule has 14 heavy (non-hydrogen) atoms. The molecule has 1 aromatic heterocycles. The maximum atomic E-state index is 6.02. The lowest BCUT2D eigenvalue weighted by molar-refractivity contribution is 0.0125. The SMILES string of the molecule is COC(C)(C)CCC(N)c1cncs1. The second-order valence-electron chi connectivity index (χ2n) is 4.01. The summed E-state index contributed by atoms with van der Waals surface area (Å²) >= 11 is 1.61. The van der Waals surface area contributed by atoms with Crippen molar-refractivity contribution >= 4 is 11.3 Å². The van der Waals surface area contributed by atoms with E-state index in [1.54, 1.807) is 18.4 Å². The summed E-state index contributed by atoms with van der Waals surface area (Å²) in [5.41, 5.74) is 7.75. The second-order valence-corrected chi connectivity index (χ2v) is 4.93. The lowest BCUT2D eigenvalue weighted by atomic mass is 9.99. The van der Waals surface area contributed by atoms with Crippen LogP contribution in [0.3, 0.4) is 0 Å². The van der Waals surface area contributed by atoms with Gasteiger partial charge >= 0.3 is 0 Å². The molecule has 2 N–H and O–H groups in total. The third-order valence-corrected chi connectivity index (χ3v) is 3.33. The molecule has 1 unspecified atom stereocenters. The van der Waals surface area contributed by atoms with Gasteiger partial charge in [0.2, 0.25) is 0 Å². The summed E-state index contributed by atoms with van der Waals surface area (Å²) in [6, 6.07) is 0.0944. The van der Waals surface area contributed by atoms with Crippen molar-refractivity contribution in [3.8, 4) is 0 Å². The Kier molecular flexibility index (Phi) is 4.04. The number of aromatic nitrogens is 1. The van der Waals surface area contributed by atoms with Gasteiger partial charge in [0.1, 0.15) is 0 Å². The molecule has 1 heterocycles. The average molecular weight is 214 g/mol. The molecule has 0 aromatic carbocycles. The van der Waals surface area contributed by atoms with Crippen LogP contribution < -0.4 is 5.73 Å². The molecule has 0 aliphatic carbocycles. The largest absolute Gasteiger partial charge is 0.379 e. The van der Waals surface area contributed by atoms with Crippen molar-refractivity contribution in [2.24, 2.45) is 5.73 Å². The Hall–Kier alpha value is -0.450. The van der Waals surface area contributed by atoms with Crippen LogP contribution in [0.4, 0.5) is 0 Å². The second kappa shape index (κ2) is 4.87. The van der Waals surface area contributed by atoms with Crippen LogP contribution in [-0.4, -0.2) is 17.7 Å². The van der Waals surface area contributed by atoms with E-state index in [1.165, 1.54) is 0 Å². The van der Waals surface area contributed by atoms with E-state index in [9.17, 15) is 0 Å². The number of rotatable bonds is 5. The maximum absolute atomic E-state index is 6.02. The molecule has 3 nitrogen and oxygen atoms in total. The minimum absolute atomic E-state index is 0.0810. The summed E-state index contributed by atoms with van der Waals surface area (Å²) < 4.78 is 5.34. The van der Waals surface area contributed by atoms with Crippen LogP contribution in [0, 0.1) is 0 Å². The molecule has 80 valence electrons. The van der Waals surface area contributed by atoms with Crippen molar-refractivity contribution in [2.75, 3.05) is 7.11 Å². The number of hydrogen-bond donors (Lipinski definition) is 1. The highest BCUT2D eigenvalue weighted by Gasteiger charge is 2.18. The number of ether oxygens (including phenoxy) is 1. The summed E-state index contributed by atoms with van der Waals surface area (Å²) in [4.78, 5) is 5.17. The summed E-state index contributed by atoms with van der Waals surface area (Å²) in [6.07, 6.45) is 3.74. The van der Waals surface area contributed by atoms with Crippen molar-refractivity contribution < 1.29 is 4.74 Å². The maximum Gasteiger partial charge on any atom is 0.0794 e. The van der Waals surface area contributed by atoms with Gasteiger partial charge in [0, 0.05) is 24.2 Å². The molecule has 0 fully saturated rings. The Balaban J connectivity index is 2.39. The molecule has 0 radical (unpaired) electrons. The van der Waals surface area contributed by atoms with Gasteiger partial charge in [0.15, 0.2) is 0 Å². The van der Waals surface area contributed by atoms with E-state index in [0.717, 1.165) is 17.7 Å².